The second-order valence-electron chi connectivity index (χ2n) is 9.01. The summed E-state index contributed by atoms with van der Waals surface area (Å²) in [6.45, 7) is 11.7. The number of hydrogen-bond donors (Lipinski definition) is 1. The Morgan fingerprint density at radius 1 is 1.41 bits per heavy atom. The van der Waals surface area contributed by atoms with E-state index in [0.29, 0.717) is 12.4 Å². The molecule has 2 heterocycles. The van der Waals surface area contributed by atoms with Crippen LogP contribution in [0.3, 0.4) is 0 Å². The fourth-order valence-corrected chi connectivity index (χ4v) is 4.45. The van der Waals surface area contributed by atoms with Crippen LogP contribution in [0.25, 0.3) is 0 Å². The third-order valence-corrected chi connectivity index (χ3v) is 6.88. The molecule has 0 aromatic carbocycles. The molecule has 2 aliphatic rings. The first-order valence-electron chi connectivity index (χ1n) is 9.97. The molecule has 7 nitrogen and oxygen atoms in total. The minimum absolute atomic E-state index is 0.0170. The first kappa shape index (κ1) is 19.8. The van der Waals surface area contributed by atoms with E-state index in [1.165, 1.54) is 0 Å². The fraction of sp³-hybridized carbons (Fsp3) is 0.800. The summed E-state index contributed by atoms with van der Waals surface area (Å²) < 4.78 is 5.63. The Morgan fingerprint density at radius 3 is 2.78 bits per heavy atom. The van der Waals surface area contributed by atoms with Crippen LogP contribution in [0, 0.1) is 16.7 Å². The number of nitrogens with zero attached hydrogens (tertiary/aromatic N) is 4. The van der Waals surface area contributed by atoms with Gasteiger partial charge in [0.1, 0.15) is 6.04 Å². The quantitative estimate of drug-likeness (QED) is 0.853. The molecule has 3 atom stereocenters. The molecule has 1 saturated carbocycles. The molecule has 1 aliphatic carbocycles. The van der Waals surface area contributed by atoms with Crippen molar-refractivity contribution in [1.82, 2.24) is 20.4 Å². The van der Waals surface area contributed by atoms with Crippen LogP contribution in [0.5, 0.6) is 0 Å². The van der Waals surface area contributed by atoms with Crippen LogP contribution in [-0.2, 0) is 10.2 Å². The fourth-order valence-electron chi connectivity index (χ4n) is 4.45. The van der Waals surface area contributed by atoms with Gasteiger partial charge in [0.05, 0.1) is 18.0 Å². The highest BCUT2D eigenvalue weighted by atomic mass is 16.5. The molecule has 148 valence electrons. The van der Waals surface area contributed by atoms with Crippen LogP contribution >= 0.6 is 0 Å². The summed E-state index contributed by atoms with van der Waals surface area (Å²) in [6, 6.07) is 2.14. The lowest BCUT2D eigenvalue weighted by molar-refractivity contribution is -0.130. The van der Waals surface area contributed by atoms with E-state index in [9.17, 15) is 10.1 Å². The van der Waals surface area contributed by atoms with E-state index in [0.717, 1.165) is 31.5 Å². The Morgan fingerprint density at radius 2 is 2.15 bits per heavy atom. The number of amides is 1. The third kappa shape index (κ3) is 3.36. The number of carbonyl (C=O) groups is 1. The number of aromatic nitrogens is 2. The van der Waals surface area contributed by atoms with Crippen molar-refractivity contribution in [1.29, 1.82) is 5.26 Å². The van der Waals surface area contributed by atoms with Crippen molar-refractivity contribution in [3.63, 3.8) is 0 Å². The maximum absolute atomic E-state index is 12.6. The molecule has 1 N–H and O–H groups in total. The zero-order valence-electron chi connectivity index (χ0n) is 17.1. The summed E-state index contributed by atoms with van der Waals surface area (Å²) in [6.07, 6.45) is 3.56. The number of hydrogen-bond acceptors (Lipinski definition) is 6. The summed E-state index contributed by atoms with van der Waals surface area (Å²) in [5.41, 5.74) is -0.385. The smallest absolute Gasteiger partial charge is 0.237 e. The zero-order chi connectivity index (χ0) is 19.8. The van der Waals surface area contributed by atoms with Crippen LogP contribution in [0.1, 0.15) is 77.9 Å². The van der Waals surface area contributed by atoms with Gasteiger partial charge in [-0.3, -0.25) is 4.79 Å². The Labute approximate surface area is 161 Å². The van der Waals surface area contributed by atoms with Crippen molar-refractivity contribution >= 4 is 5.91 Å². The van der Waals surface area contributed by atoms with Crippen molar-refractivity contribution < 1.29 is 9.32 Å². The van der Waals surface area contributed by atoms with Crippen LogP contribution in [0.15, 0.2) is 4.52 Å². The lowest BCUT2D eigenvalue weighted by Crippen LogP contribution is -2.50. The number of carbonyl (C=O) groups excluding carboxylic acids is 1. The van der Waals surface area contributed by atoms with Gasteiger partial charge in [-0.05, 0) is 31.1 Å². The largest absolute Gasteiger partial charge is 0.339 e. The second kappa shape index (κ2) is 7.23. The van der Waals surface area contributed by atoms with Crippen molar-refractivity contribution in [3.8, 4) is 6.07 Å². The van der Waals surface area contributed by atoms with E-state index in [1.54, 1.807) is 4.90 Å². The van der Waals surface area contributed by atoms with Gasteiger partial charge < -0.3 is 14.7 Å². The number of rotatable bonds is 5. The summed E-state index contributed by atoms with van der Waals surface area (Å²) in [7, 11) is 0. The van der Waals surface area contributed by atoms with E-state index in [4.69, 9.17) is 4.52 Å². The molecule has 2 fully saturated rings. The molecular weight excluding hydrogens is 342 g/mol. The van der Waals surface area contributed by atoms with E-state index in [2.05, 4.69) is 56.1 Å². The molecular formula is C20H31N5O2. The molecule has 0 unspecified atom stereocenters. The van der Waals surface area contributed by atoms with Crippen molar-refractivity contribution in [2.75, 3.05) is 13.1 Å². The highest BCUT2D eigenvalue weighted by Gasteiger charge is 2.55. The summed E-state index contributed by atoms with van der Waals surface area (Å²) in [5, 5.41) is 16.8. The van der Waals surface area contributed by atoms with Gasteiger partial charge in [0, 0.05) is 18.5 Å². The molecule has 0 radical (unpaired) electrons. The Bertz CT molecular complexity index is 735. The maximum atomic E-state index is 12.6. The minimum Gasteiger partial charge on any atom is -0.339 e. The Hall–Kier alpha value is -1.94. The minimum atomic E-state index is -0.269. The molecule has 27 heavy (non-hydrogen) atoms. The van der Waals surface area contributed by atoms with Crippen molar-refractivity contribution in [2.45, 2.75) is 83.7 Å². The molecule has 1 aliphatic heterocycles. The predicted molar refractivity (Wildman–Crippen MR) is 101 cm³/mol. The maximum Gasteiger partial charge on any atom is 0.237 e. The normalized spacial score (nSPS) is 30.0. The van der Waals surface area contributed by atoms with Crippen LogP contribution in [-0.4, -0.2) is 46.1 Å². The van der Waals surface area contributed by atoms with Gasteiger partial charge in [0.25, 0.3) is 0 Å². The van der Waals surface area contributed by atoms with E-state index in [1.807, 2.05) is 0 Å². The van der Waals surface area contributed by atoms with Gasteiger partial charge in [-0.15, -0.1) is 0 Å². The van der Waals surface area contributed by atoms with Gasteiger partial charge in [0.15, 0.2) is 5.82 Å². The molecule has 1 aromatic heterocycles. The van der Waals surface area contributed by atoms with E-state index >= 15 is 0 Å². The topological polar surface area (TPSA) is 95.0 Å². The number of likely N-dealkylation sites (tertiary alicyclic amines) is 1. The molecule has 3 rings (SSSR count). The SMILES string of the molecule is CC(C)c1noc([C@]2(C)CC[C@H](NCC(=O)N3CCC[C@H]3C#N)C2(C)C)n1. The molecule has 1 amide bonds. The van der Waals surface area contributed by atoms with Crippen LogP contribution < -0.4 is 5.32 Å². The monoisotopic (exact) mass is 373 g/mol. The van der Waals surface area contributed by atoms with Crippen molar-refractivity contribution in [2.24, 2.45) is 5.41 Å². The highest BCUT2D eigenvalue weighted by molar-refractivity contribution is 5.79. The van der Waals surface area contributed by atoms with E-state index < -0.39 is 0 Å². The summed E-state index contributed by atoms with van der Waals surface area (Å²) >= 11 is 0. The molecule has 0 bridgehead atoms. The van der Waals surface area contributed by atoms with Gasteiger partial charge >= 0.3 is 0 Å². The van der Waals surface area contributed by atoms with Gasteiger partial charge in [-0.25, -0.2) is 0 Å². The van der Waals surface area contributed by atoms with Gasteiger partial charge in [-0.2, -0.15) is 10.2 Å². The first-order chi connectivity index (χ1) is 12.7. The van der Waals surface area contributed by atoms with E-state index in [-0.39, 0.29) is 41.3 Å². The average molecular weight is 374 g/mol. The number of nitrogens with one attached hydrogen (secondary N) is 1. The summed E-state index contributed by atoms with van der Waals surface area (Å²) in [4.78, 5) is 18.9. The van der Waals surface area contributed by atoms with Crippen molar-refractivity contribution in [3.05, 3.63) is 11.7 Å². The Kier molecular flexibility index (Phi) is 5.31. The first-order valence-corrected chi connectivity index (χ1v) is 9.97. The lowest BCUT2D eigenvalue weighted by atomic mass is 9.67. The third-order valence-electron chi connectivity index (χ3n) is 6.88. The standard InChI is InChI=1S/C20H31N5O2/c1-13(2)17-23-18(27-24-17)20(5)9-8-15(19(20,3)4)22-12-16(26)25-10-6-7-14(25)11-21/h13-15,22H,6-10,12H2,1-5H3/t14-,15-,20-/m0/s1. The molecule has 1 aromatic rings. The highest BCUT2D eigenvalue weighted by Crippen LogP contribution is 2.53. The number of nitriles is 1. The molecule has 0 spiro atoms. The predicted octanol–water partition coefficient (Wildman–Crippen LogP) is 2.74. The molecule has 7 heteroatoms. The van der Waals surface area contributed by atoms with Crippen LogP contribution in [0.2, 0.25) is 0 Å². The second-order valence-corrected chi connectivity index (χ2v) is 9.01. The lowest BCUT2D eigenvalue weighted by Gasteiger charge is -2.39. The zero-order valence-corrected chi connectivity index (χ0v) is 17.1. The van der Waals surface area contributed by atoms with Gasteiger partial charge in [-0.1, -0.05) is 39.8 Å². The van der Waals surface area contributed by atoms with Gasteiger partial charge in [0.2, 0.25) is 11.8 Å². The molecule has 1 saturated heterocycles. The average Bonchev–Trinajstić information content (AvgIpc) is 3.33. The Balaban J connectivity index is 1.68. The summed E-state index contributed by atoms with van der Waals surface area (Å²) in [5.74, 6) is 1.68. The van der Waals surface area contributed by atoms with Crippen LogP contribution in [0.4, 0.5) is 0 Å².